The zero-order valence-electron chi connectivity index (χ0n) is 15.3. The topological polar surface area (TPSA) is 83.8 Å². The number of allylic oxidation sites excluding steroid dienone is 2. The number of ketones is 1. The van der Waals surface area contributed by atoms with Crippen LogP contribution >= 0.6 is 23.1 Å². The van der Waals surface area contributed by atoms with Crippen molar-refractivity contribution < 1.29 is 22.7 Å². The third-order valence-electron chi connectivity index (χ3n) is 4.27. The molecule has 3 aromatic rings. The van der Waals surface area contributed by atoms with Crippen LogP contribution in [0.4, 0.5) is 4.39 Å². The smallest absolute Gasteiger partial charge is 0.292 e. The maximum Gasteiger partial charge on any atom is 0.292 e. The third kappa shape index (κ3) is 3.96. The minimum Gasteiger partial charge on any atom is -0.512 e. The summed E-state index contributed by atoms with van der Waals surface area (Å²) in [7, 11) is -4.10. The summed E-state index contributed by atoms with van der Waals surface area (Å²) in [6, 6.07) is 12.1. The number of fused-ring (bicyclic) bond motifs is 2. The van der Waals surface area contributed by atoms with Gasteiger partial charge in [0.2, 0.25) is 0 Å². The number of thiophene rings is 1. The minimum atomic E-state index is -4.10. The minimum absolute atomic E-state index is 0.0173. The molecule has 1 N–H and O–H groups in total. The Hall–Kier alpha value is -2.75. The van der Waals surface area contributed by atoms with Crippen molar-refractivity contribution in [1.82, 2.24) is 0 Å². The predicted octanol–water partition coefficient (Wildman–Crippen LogP) is 5.10. The van der Waals surface area contributed by atoms with Gasteiger partial charge in [0.05, 0.1) is 22.1 Å². The summed E-state index contributed by atoms with van der Waals surface area (Å²) in [6.07, 6.45) is 1.41. The van der Waals surface area contributed by atoms with E-state index in [9.17, 15) is 22.7 Å². The van der Waals surface area contributed by atoms with Gasteiger partial charge in [0.1, 0.15) is 10.0 Å². The number of carbonyl (C=O) groups excluding carboxylic acids is 1. The van der Waals surface area contributed by atoms with Gasteiger partial charge in [0, 0.05) is 15.8 Å². The number of hydrogen-bond acceptors (Lipinski definition) is 6. The quantitative estimate of drug-likeness (QED) is 0.537. The summed E-state index contributed by atoms with van der Waals surface area (Å²) < 4.78 is 43.9. The molecule has 1 aromatic heterocycles. The molecular weight excluding hydrogens is 445 g/mol. The van der Waals surface area contributed by atoms with Crippen LogP contribution in [0.5, 0.6) is 0 Å². The van der Waals surface area contributed by atoms with Gasteiger partial charge in [0.25, 0.3) is 10.0 Å². The van der Waals surface area contributed by atoms with Gasteiger partial charge in [-0.05, 0) is 29.7 Å². The molecule has 0 radical (unpaired) electrons. The number of hydrogen-bond donors (Lipinski definition) is 1. The first kappa shape index (κ1) is 20.5. The number of thioether (sulfide) groups is 1. The van der Waals surface area contributed by atoms with Crippen molar-refractivity contribution in [2.45, 2.75) is 4.21 Å². The molecule has 0 saturated carbocycles. The molecule has 0 saturated heterocycles. The first-order valence-electron chi connectivity index (χ1n) is 8.64. The highest BCUT2D eigenvalue weighted by molar-refractivity contribution is 8.04. The van der Waals surface area contributed by atoms with E-state index in [4.69, 9.17) is 0 Å². The van der Waals surface area contributed by atoms with Gasteiger partial charge in [-0.3, -0.25) is 4.79 Å². The predicted molar refractivity (Wildman–Crippen MR) is 119 cm³/mol. The molecule has 0 bridgehead atoms. The van der Waals surface area contributed by atoms with Gasteiger partial charge in [-0.25, -0.2) is 4.39 Å². The van der Waals surface area contributed by atoms with Gasteiger partial charge in [0.15, 0.2) is 5.78 Å². The first-order valence-corrected chi connectivity index (χ1v) is 11.9. The van der Waals surface area contributed by atoms with E-state index in [1.165, 1.54) is 30.3 Å². The Labute approximate surface area is 180 Å². The number of aliphatic hydroxyl groups is 1. The van der Waals surface area contributed by atoms with Crippen LogP contribution in [-0.4, -0.2) is 30.8 Å². The highest BCUT2D eigenvalue weighted by atomic mass is 32.2. The SMILES string of the molecule is C=C(O)CSC1=CC(=NS(=O)(=O)c2cc3ccc(F)cc3s2)c2ccccc2C1=O. The van der Waals surface area contributed by atoms with Gasteiger partial charge >= 0.3 is 0 Å². The van der Waals surface area contributed by atoms with Crippen LogP contribution in [0.1, 0.15) is 15.9 Å². The van der Waals surface area contributed by atoms with E-state index in [0.717, 1.165) is 23.1 Å². The summed E-state index contributed by atoms with van der Waals surface area (Å²) in [5.74, 6) is -0.724. The monoisotopic (exact) mass is 459 g/mol. The fourth-order valence-electron chi connectivity index (χ4n) is 2.93. The summed E-state index contributed by atoms with van der Waals surface area (Å²) in [6.45, 7) is 3.40. The Morgan fingerprint density at radius 1 is 1.17 bits per heavy atom. The summed E-state index contributed by atoms with van der Waals surface area (Å²) in [5, 5.41) is 9.95. The summed E-state index contributed by atoms with van der Waals surface area (Å²) in [4.78, 5) is 13.0. The molecule has 30 heavy (non-hydrogen) atoms. The Morgan fingerprint density at radius 3 is 2.63 bits per heavy atom. The number of carbonyl (C=O) groups is 1. The summed E-state index contributed by atoms with van der Waals surface area (Å²) >= 11 is 1.99. The van der Waals surface area contributed by atoms with E-state index in [1.54, 1.807) is 24.3 Å². The molecule has 0 fully saturated rings. The normalized spacial score (nSPS) is 15.3. The second kappa shape index (κ2) is 7.82. The molecule has 2 aromatic carbocycles. The molecule has 1 aliphatic rings. The molecule has 0 unspecified atom stereocenters. The van der Waals surface area contributed by atoms with Crippen LogP contribution in [0, 0.1) is 5.82 Å². The van der Waals surface area contributed by atoms with Crippen LogP contribution in [0.25, 0.3) is 10.1 Å². The number of nitrogens with zero attached hydrogens (tertiary/aromatic N) is 1. The van der Waals surface area contributed by atoms with Gasteiger partial charge < -0.3 is 5.11 Å². The van der Waals surface area contributed by atoms with Crippen molar-refractivity contribution in [1.29, 1.82) is 0 Å². The highest BCUT2D eigenvalue weighted by Gasteiger charge is 2.27. The van der Waals surface area contributed by atoms with Crippen molar-refractivity contribution in [3.8, 4) is 0 Å². The second-order valence-electron chi connectivity index (χ2n) is 6.44. The number of Topliss-reactive ketones (excluding diaryl/α,β-unsaturated/α-hetero) is 1. The number of rotatable bonds is 5. The number of benzene rings is 2. The van der Waals surface area contributed by atoms with Crippen LogP contribution in [-0.2, 0) is 10.0 Å². The van der Waals surface area contributed by atoms with Gasteiger partial charge in [-0.15, -0.1) is 23.1 Å². The average Bonchev–Trinajstić information content (AvgIpc) is 3.13. The Kier molecular flexibility index (Phi) is 5.35. The fraction of sp³-hybridized carbons (Fsp3) is 0.0476. The number of sulfonamides is 1. The molecule has 0 atom stereocenters. The largest absolute Gasteiger partial charge is 0.512 e. The lowest BCUT2D eigenvalue weighted by Crippen LogP contribution is -2.17. The van der Waals surface area contributed by atoms with Crippen molar-refractivity contribution >= 4 is 54.7 Å². The molecule has 1 heterocycles. The molecule has 1 aliphatic carbocycles. The molecular formula is C21H14FNO4S3. The van der Waals surface area contributed by atoms with Crippen molar-refractivity contribution in [3.05, 3.63) is 88.8 Å². The van der Waals surface area contributed by atoms with E-state index >= 15 is 0 Å². The van der Waals surface area contributed by atoms with Gasteiger partial charge in [-0.1, -0.05) is 36.9 Å². The zero-order valence-corrected chi connectivity index (χ0v) is 17.8. The van der Waals surface area contributed by atoms with Crippen molar-refractivity contribution in [2.24, 2.45) is 4.40 Å². The van der Waals surface area contributed by atoms with E-state index in [2.05, 4.69) is 11.0 Å². The van der Waals surface area contributed by atoms with Crippen LogP contribution < -0.4 is 0 Å². The zero-order chi connectivity index (χ0) is 21.5. The Balaban J connectivity index is 1.82. The van der Waals surface area contributed by atoms with Crippen molar-refractivity contribution in [3.63, 3.8) is 0 Å². The number of halogens is 1. The third-order valence-corrected chi connectivity index (χ3v) is 8.20. The maximum absolute atomic E-state index is 13.5. The molecule has 0 spiro atoms. The highest BCUT2D eigenvalue weighted by Crippen LogP contribution is 2.33. The fourth-order valence-corrected chi connectivity index (χ4v) is 6.09. The average molecular weight is 460 g/mol. The Bertz CT molecular complexity index is 1370. The molecule has 0 amide bonds. The molecule has 5 nitrogen and oxygen atoms in total. The van der Waals surface area contributed by atoms with Crippen LogP contribution in [0.2, 0.25) is 0 Å². The molecule has 152 valence electrons. The van der Waals surface area contributed by atoms with E-state index in [-0.39, 0.29) is 32.1 Å². The standard InChI is InChI=1S/C21H14FNO4S3/c1-12(24)11-28-19-10-17(15-4-2-3-5-16(15)21(19)25)23-30(26,27)20-8-13-6-7-14(22)9-18(13)29-20/h2-10,24H,1,11H2. The van der Waals surface area contributed by atoms with Crippen LogP contribution in [0.15, 0.2) is 80.5 Å². The number of aliphatic hydroxyl groups excluding tert-OH is 1. The lowest BCUT2D eigenvalue weighted by Gasteiger charge is -2.16. The second-order valence-corrected chi connectivity index (χ2v) is 10.4. The first-order chi connectivity index (χ1) is 14.2. The molecule has 4 rings (SSSR count). The maximum atomic E-state index is 13.5. The molecule has 9 heteroatoms. The van der Waals surface area contributed by atoms with Gasteiger partial charge in [-0.2, -0.15) is 12.8 Å². The molecule has 0 aliphatic heterocycles. The summed E-state index contributed by atoms with van der Waals surface area (Å²) in [5.41, 5.74) is 0.865. The van der Waals surface area contributed by atoms with E-state index in [1.807, 2.05) is 0 Å². The lowest BCUT2D eigenvalue weighted by molar-refractivity contribution is 0.104. The Morgan fingerprint density at radius 2 is 1.90 bits per heavy atom. The van der Waals surface area contributed by atoms with E-state index < -0.39 is 15.8 Å². The lowest BCUT2D eigenvalue weighted by atomic mass is 9.94. The van der Waals surface area contributed by atoms with E-state index in [0.29, 0.717) is 21.2 Å². The van der Waals surface area contributed by atoms with Crippen molar-refractivity contribution in [2.75, 3.05) is 5.75 Å². The van der Waals surface area contributed by atoms with Crippen LogP contribution in [0.3, 0.4) is 0 Å².